The molecule has 38 heavy (non-hydrogen) atoms. The summed E-state index contributed by atoms with van der Waals surface area (Å²) in [5, 5.41) is 11.5. The number of carboxylic acids is 1. The molecule has 1 aliphatic rings. The van der Waals surface area contributed by atoms with Gasteiger partial charge in [-0.05, 0) is 42.2 Å². The summed E-state index contributed by atoms with van der Waals surface area (Å²) in [6, 6.07) is 8.04. The Balaban J connectivity index is 1.64. The molecule has 1 aromatic carbocycles. The molecule has 8 nitrogen and oxygen atoms in total. The molecule has 1 atom stereocenters. The molecule has 0 unspecified atom stereocenters. The summed E-state index contributed by atoms with van der Waals surface area (Å²) in [6.07, 6.45) is 6.13. The number of thiazole rings is 1. The summed E-state index contributed by atoms with van der Waals surface area (Å²) in [7, 11) is 3.09. The zero-order valence-corrected chi connectivity index (χ0v) is 21.9. The first-order chi connectivity index (χ1) is 18.2. The summed E-state index contributed by atoms with van der Waals surface area (Å²) in [5.41, 5.74) is 2.37. The third-order valence-corrected chi connectivity index (χ3v) is 7.64. The maximum Gasteiger partial charge on any atom is 0.387 e. The van der Waals surface area contributed by atoms with Crippen molar-refractivity contribution in [3.8, 4) is 34.0 Å². The van der Waals surface area contributed by atoms with Gasteiger partial charge < -0.3 is 14.6 Å². The number of alkyl halides is 2. The highest BCUT2D eigenvalue weighted by molar-refractivity contribution is 7.14. The number of rotatable bonds is 11. The standard InChI is InChI=1S/C27H29F2N3O5S/c1-32(25(35)18(12-24(33)34)11-16-5-3-4-6-16)27-31-22(15-38-27)21-13-19(37-26(28)29)8-9-20(21)17-7-10-23(36-2)30-14-17/h7-10,13-16,18,26H,3-6,11-12H2,1-2H3,(H,33,34)/t18-/m1/s1. The van der Waals surface area contributed by atoms with E-state index < -0.39 is 18.5 Å². The van der Waals surface area contributed by atoms with E-state index in [-0.39, 0.29) is 18.1 Å². The number of aromatic nitrogens is 2. The van der Waals surface area contributed by atoms with Crippen molar-refractivity contribution in [1.29, 1.82) is 0 Å². The van der Waals surface area contributed by atoms with E-state index in [1.165, 1.54) is 35.5 Å². The minimum Gasteiger partial charge on any atom is -0.481 e. The Morgan fingerprint density at radius 3 is 2.58 bits per heavy atom. The van der Waals surface area contributed by atoms with Crippen LogP contribution in [-0.4, -0.2) is 47.7 Å². The van der Waals surface area contributed by atoms with Crippen molar-refractivity contribution >= 4 is 28.3 Å². The molecule has 2 aromatic heterocycles. The summed E-state index contributed by atoms with van der Waals surface area (Å²) < 4.78 is 35.6. The monoisotopic (exact) mass is 545 g/mol. The Hall–Kier alpha value is -3.60. The molecule has 0 saturated heterocycles. The third kappa shape index (κ3) is 6.63. The van der Waals surface area contributed by atoms with Gasteiger partial charge in [0.15, 0.2) is 5.13 Å². The van der Waals surface area contributed by atoms with Crippen LogP contribution in [0.1, 0.15) is 38.5 Å². The molecule has 2 heterocycles. The Labute approximate surface area is 223 Å². The van der Waals surface area contributed by atoms with Crippen LogP contribution < -0.4 is 14.4 Å². The van der Waals surface area contributed by atoms with Crippen molar-refractivity contribution < 1.29 is 33.0 Å². The summed E-state index contributed by atoms with van der Waals surface area (Å²) >= 11 is 1.21. The molecule has 1 amide bonds. The van der Waals surface area contributed by atoms with Crippen LogP contribution in [-0.2, 0) is 9.59 Å². The number of carbonyl (C=O) groups excluding carboxylic acids is 1. The number of pyridine rings is 1. The number of anilines is 1. The van der Waals surface area contributed by atoms with Crippen molar-refractivity contribution in [3.63, 3.8) is 0 Å². The predicted molar refractivity (Wildman–Crippen MR) is 140 cm³/mol. The number of carboxylic acid groups (broad SMARTS) is 1. The molecule has 0 aliphatic heterocycles. The number of aliphatic carboxylic acids is 1. The predicted octanol–water partition coefficient (Wildman–Crippen LogP) is 6.12. The van der Waals surface area contributed by atoms with Gasteiger partial charge in [0.1, 0.15) is 5.75 Å². The fraction of sp³-hybridized carbons (Fsp3) is 0.407. The molecule has 1 saturated carbocycles. The first kappa shape index (κ1) is 27.4. The van der Waals surface area contributed by atoms with Crippen LogP contribution in [0.25, 0.3) is 22.4 Å². The van der Waals surface area contributed by atoms with E-state index in [9.17, 15) is 23.5 Å². The zero-order chi connectivity index (χ0) is 27.2. The van der Waals surface area contributed by atoms with Crippen molar-refractivity contribution in [1.82, 2.24) is 9.97 Å². The smallest absolute Gasteiger partial charge is 0.387 e. The maximum atomic E-state index is 13.3. The van der Waals surface area contributed by atoms with Gasteiger partial charge in [0.05, 0.1) is 19.2 Å². The molecule has 1 aliphatic carbocycles. The number of hydrogen-bond donors (Lipinski definition) is 1. The summed E-state index contributed by atoms with van der Waals surface area (Å²) in [5.74, 6) is -1.20. The van der Waals surface area contributed by atoms with Gasteiger partial charge in [0, 0.05) is 41.7 Å². The van der Waals surface area contributed by atoms with Gasteiger partial charge in [0.25, 0.3) is 0 Å². The average molecular weight is 546 g/mol. The number of hydrogen-bond acceptors (Lipinski definition) is 7. The van der Waals surface area contributed by atoms with E-state index in [1.54, 1.807) is 36.8 Å². The highest BCUT2D eigenvalue weighted by Crippen LogP contribution is 2.38. The van der Waals surface area contributed by atoms with Gasteiger partial charge in [0.2, 0.25) is 11.8 Å². The number of methoxy groups -OCH3 is 1. The largest absolute Gasteiger partial charge is 0.481 e. The van der Waals surface area contributed by atoms with E-state index in [1.807, 2.05) is 0 Å². The molecular formula is C27H29F2N3O5S. The van der Waals surface area contributed by atoms with Gasteiger partial charge in [-0.25, -0.2) is 9.97 Å². The second-order valence-electron chi connectivity index (χ2n) is 9.27. The first-order valence-electron chi connectivity index (χ1n) is 12.3. The lowest BCUT2D eigenvalue weighted by atomic mass is 9.90. The number of nitrogens with zero attached hydrogens (tertiary/aromatic N) is 3. The minimum atomic E-state index is -2.99. The lowest BCUT2D eigenvalue weighted by molar-refractivity contribution is -0.140. The summed E-state index contributed by atoms with van der Waals surface area (Å²) in [6.45, 7) is -2.99. The lowest BCUT2D eigenvalue weighted by Crippen LogP contribution is -2.35. The van der Waals surface area contributed by atoms with Gasteiger partial charge in [-0.3, -0.25) is 14.5 Å². The Morgan fingerprint density at radius 1 is 1.18 bits per heavy atom. The number of amides is 1. The van der Waals surface area contributed by atoms with Crippen molar-refractivity contribution in [2.45, 2.75) is 45.1 Å². The Kier molecular flexibility index (Phi) is 8.88. The fourth-order valence-electron chi connectivity index (χ4n) is 4.86. The van der Waals surface area contributed by atoms with Crippen molar-refractivity contribution in [3.05, 3.63) is 41.9 Å². The molecule has 0 bridgehead atoms. The average Bonchev–Trinajstić information content (AvgIpc) is 3.59. The van der Waals surface area contributed by atoms with Crippen molar-refractivity contribution in [2.24, 2.45) is 11.8 Å². The number of ether oxygens (including phenoxy) is 2. The maximum absolute atomic E-state index is 13.3. The highest BCUT2D eigenvalue weighted by atomic mass is 32.1. The van der Waals surface area contributed by atoms with Gasteiger partial charge in [-0.1, -0.05) is 25.7 Å². The van der Waals surface area contributed by atoms with Crippen LogP contribution in [0.2, 0.25) is 0 Å². The first-order valence-corrected chi connectivity index (χ1v) is 13.2. The normalized spacial score (nSPS) is 14.4. The molecule has 4 rings (SSSR count). The van der Waals surface area contributed by atoms with E-state index in [0.29, 0.717) is 45.7 Å². The highest BCUT2D eigenvalue weighted by Gasteiger charge is 2.30. The molecule has 1 fully saturated rings. The number of halogens is 2. The number of carbonyl (C=O) groups is 2. The molecule has 11 heteroatoms. The fourth-order valence-corrected chi connectivity index (χ4v) is 5.66. The molecule has 0 spiro atoms. The molecule has 1 N–H and O–H groups in total. The van der Waals surface area contributed by atoms with Crippen LogP contribution in [0.5, 0.6) is 11.6 Å². The summed E-state index contributed by atoms with van der Waals surface area (Å²) in [4.78, 5) is 35.1. The van der Waals surface area contributed by atoms with Crippen LogP contribution in [0.3, 0.4) is 0 Å². The van der Waals surface area contributed by atoms with Crippen molar-refractivity contribution in [2.75, 3.05) is 19.1 Å². The van der Waals surface area contributed by atoms with E-state index in [0.717, 1.165) is 25.7 Å². The Bertz CT molecular complexity index is 1260. The van der Waals surface area contributed by atoms with Crippen LogP contribution in [0.4, 0.5) is 13.9 Å². The second kappa shape index (κ2) is 12.3. The molecule has 202 valence electrons. The second-order valence-corrected chi connectivity index (χ2v) is 10.1. The molecule has 0 radical (unpaired) electrons. The van der Waals surface area contributed by atoms with Gasteiger partial charge in [-0.15, -0.1) is 11.3 Å². The molecule has 3 aromatic rings. The molecular weight excluding hydrogens is 516 g/mol. The van der Waals surface area contributed by atoms with Crippen LogP contribution >= 0.6 is 11.3 Å². The van der Waals surface area contributed by atoms with E-state index in [4.69, 9.17) is 4.74 Å². The third-order valence-electron chi connectivity index (χ3n) is 6.72. The SMILES string of the molecule is COc1ccc(-c2ccc(OC(F)F)cc2-c2csc(N(C)C(=O)[C@@H](CC(=O)O)CC3CCCC3)n2)cn1. The van der Waals surface area contributed by atoms with E-state index in [2.05, 4.69) is 14.7 Å². The quantitative estimate of drug-likeness (QED) is 0.310. The van der Waals surface area contributed by atoms with Gasteiger partial charge in [-0.2, -0.15) is 8.78 Å². The number of benzene rings is 1. The van der Waals surface area contributed by atoms with Crippen LogP contribution in [0.15, 0.2) is 41.9 Å². The van der Waals surface area contributed by atoms with Gasteiger partial charge >= 0.3 is 12.6 Å². The van der Waals surface area contributed by atoms with Crippen LogP contribution in [0, 0.1) is 11.8 Å². The minimum absolute atomic E-state index is 0.0303. The van der Waals surface area contributed by atoms with E-state index >= 15 is 0 Å². The zero-order valence-electron chi connectivity index (χ0n) is 21.1. The lowest BCUT2D eigenvalue weighted by Gasteiger charge is -2.23. The topological polar surface area (TPSA) is 102 Å². The Morgan fingerprint density at radius 2 is 1.95 bits per heavy atom.